The van der Waals surface area contributed by atoms with E-state index in [4.69, 9.17) is 0 Å². The third-order valence-electron chi connectivity index (χ3n) is 28.7. The lowest BCUT2D eigenvalue weighted by atomic mass is 9.93. The maximum absolute atomic E-state index is 2.31. The highest BCUT2D eigenvalue weighted by Gasteiger charge is 2.23. The van der Waals surface area contributed by atoms with Crippen LogP contribution in [0.2, 0.25) is 0 Å². The molecule has 0 heteroatoms. The smallest absolute Gasteiger partial charge is 0.00201 e. The summed E-state index contributed by atoms with van der Waals surface area (Å²) in [6.45, 7) is 15.0. The summed E-state index contributed by atoms with van der Waals surface area (Å²) in [5.41, 5.74) is 22.4. The van der Waals surface area contributed by atoms with Crippen LogP contribution in [0.4, 0.5) is 0 Å². The highest BCUT2D eigenvalue weighted by Crippen LogP contribution is 2.50. The van der Waals surface area contributed by atoms with Crippen LogP contribution in [0.15, 0.2) is 504 Å². The minimum atomic E-state index is 1.28. The van der Waals surface area contributed by atoms with Crippen molar-refractivity contribution in [3.05, 3.63) is 542 Å². The van der Waals surface area contributed by atoms with Crippen LogP contribution in [0.1, 0.15) is 38.9 Å². The van der Waals surface area contributed by atoms with Crippen LogP contribution in [0.25, 0.3) is 239 Å². The zero-order chi connectivity index (χ0) is 95.1. The zero-order valence-electron chi connectivity index (χ0n) is 80.4. The van der Waals surface area contributed by atoms with Crippen molar-refractivity contribution in [2.75, 3.05) is 0 Å². The molecule has 0 N–H and O–H groups in total. The Morgan fingerprint density at radius 3 is 0.794 bits per heavy atom. The van der Waals surface area contributed by atoms with E-state index in [9.17, 15) is 0 Å². The Bertz CT molecular complexity index is 9720. The lowest BCUT2D eigenvalue weighted by molar-refractivity contribution is 1.47. The van der Waals surface area contributed by atoms with E-state index in [1.165, 1.54) is 278 Å². The molecule has 28 aromatic rings. The van der Waals surface area contributed by atoms with E-state index in [2.05, 4.69) is 552 Å². The van der Waals surface area contributed by atoms with Gasteiger partial charge in [0.1, 0.15) is 0 Å². The first-order valence-corrected chi connectivity index (χ1v) is 49.2. The number of aryl methyl sites for hydroxylation is 7. The van der Waals surface area contributed by atoms with E-state index in [1.807, 2.05) is 0 Å². The molecule has 0 fully saturated rings. The third kappa shape index (κ3) is 17.1. The molecule has 0 unspecified atom stereocenters. The highest BCUT2D eigenvalue weighted by molar-refractivity contribution is 6.27. The first-order chi connectivity index (χ1) is 69.3. The Labute approximate surface area is 823 Å². The van der Waals surface area contributed by atoms with Crippen molar-refractivity contribution >= 4 is 183 Å². The molecule has 0 heterocycles. The van der Waals surface area contributed by atoms with Gasteiger partial charge in [0.15, 0.2) is 0 Å². The Kier molecular flexibility index (Phi) is 23.6. The predicted molar refractivity (Wildman–Crippen MR) is 617 cm³/mol. The fourth-order valence-corrected chi connectivity index (χ4v) is 21.8. The maximum atomic E-state index is 2.31. The van der Waals surface area contributed by atoms with E-state index in [1.54, 1.807) is 0 Å². The van der Waals surface area contributed by atoms with Crippen LogP contribution >= 0.6 is 0 Å². The molecule has 0 saturated carbocycles. The standard InChI is InChI=1S/2C23H16.2C21H16.2C19H14.C15H12/c1-15-6-4-7-16(14-15)17-12-13-22-19-9-3-2-8-18(19)21-11-5-10-20(17)23(21)22;1-15-6-7-17-9-11-21-20-10-8-16-4-2-3-5-18(16)19(20)12-13-22(21)23(17)14-15;1-15-7-6-9-16(13-15)21-14-17-8-2-3-10-18(17)19-11-4-5-12-20(19)21;1-15-5-4-7-17(13-15)18-11-12-21-19(14-18)10-9-16-6-2-3-8-20(16)21;1-13-10-11-18-16-8-3-2-6-14(16)15-7-4-5-9-17(15)19(18)12-13;1-13-6-7-15-9-10-17-16-5-3-2-4-14(16)8-11-18(17)19(15)12-13;1-11-6-7-13-9-8-12-4-2-3-5-14(12)15(13)10-11/h2*2-14H,1H3;2*2-14H,1H3;2*2-12H,1H3;2-10H,1H3. The van der Waals surface area contributed by atoms with Crippen molar-refractivity contribution in [2.45, 2.75) is 48.5 Å². The van der Waals surface area contributed by atoms with Crippen LogP contribution < -0.4 is 0 Å². The minimum absolute atomic E-state index is 1.28. The quantitative estimate of drug-likeness (QED) is 0.155. The summed E-state index contributed by atoms with van der Waals surface area (Å²) in [4.78, 5) is 0. The number of rotatable bonds is 3. The van der Waals surface area contributed by atoms with Gasteiger partial charge in [0.05, 0.1) is 0 Å². The molecule has 0 nitrogen and oxygen atoms in total. The second-order valence-electron chi connectivity index (χ2n) is 38.1. The number of fused-ring (bicyclic) bond motifs is 30. The molecule has 0 amide bonds. The van der Waals surface area contributed by atoms with Crippen LogP contribution in [0, 0.1) is 48.5 Å². The van der Waals surface area contributed by atoms with Gasteiger partial charge in [-0.3, -0.25) is 0 Å². The van der Waals surface area contributed by atoms with Gasteiger partial charge in [-0.1, -0.05) is 530 Å². The van der Waals surface area contributed by atoms with Crippen molar-refractivity contribution < 1.29 is 0 Å². The van der Waals surface area contributed by atoms with Crippen LogP contribution in [0.3, 0.4) is 0 Å². The van der Waals surface area contributed by atoms with E-state index < -0.39 is 0 Å². The minimum Gasteiger partial charge on any atom is -0.0616 e. The predicted octanol–water partition coefficient (Wildman–Crippen LogP) is 40.2. The molecule has 28 aromatic carbocycles. The van der Waals surface area contributed by atoms with Crippen LogP contribution in [-0.2, 0) is 0 Å². The normalized spacial score (nSPS) is 11.4. The summed E-state index contributed by atoms with van der Waals surface area (Å²) in [5, 5.41) is 45.3. The lowest BCUT2D eigenvalue weighted by Gasteiger charge is -2.11. The summed E-state index contributed by atoms with van der Waals surface area (Å²) >= 11 is 0. The van der Waals surface area contributed by atoms with Gasteiger partial charge in [-0.25, -0.2) is 0 Å². The molecule has 0 aliphatic heterocycles. The first-order valence-electron chi connectivity index (χ1n) is 49.2. The third-order valence-corrected chi connectivity index (χ3v) is 28.7. The monoisotopic (exact) mass is 1800 g/mol. The van der Waals surface area contributed by atoms with Gasteiger partial charge in [-0.2, -0.15) is 0 Å². The van der Waals surface area contributed by atoms with E-state index in [-0.39, 0.29) is 0 Å². The molecule has 1 aliphatic carbocycles. The number of hydrogen-bond donors (Lipinski definition) is 0. The molecule has 29 rings (SSSR count). The summed E-state index contributed by atoms with van der Waals surface area (Å²) in [7, 11) is 0. The molecule has 0 saturated heterocycles. The Balaban J connectivity index is 0.0000000919. The van der Waals surface area contributed by atoms with E-state index >= 15 is 0 Å². The molecule has 668 valence electrons. The second kappa shape index (κ2) is 37.9. The van der Waals surface area contributed by atoms with E-state index in [0.717, 1.165) is 0 Å². The zero-order valence-corrected chi connectivity index (χ0v) is 80.4. The summed E-state index contributed by atoms with van der Waals surface area (Å²) < 4.78 is 0. The summed E-state index contributed by atoms with van der Waals surface area (Å²) in [6.07, 6.45) is 0. The largest absolute Gasteiger partial charge is 0.0616 e. The second-order valence-corrected chi connectivity index (χ2v) is 38.1. The van der Waals surface area contributed by atoms with Crippen molar-refractivity contribution in [3.63, 3.8) is 0 Å². The fraction of sp³-hybridized carbons (Fsp3) is 0.0496. The number of benzene rings is 28. The molecule has 0 aromatic heterocycles. The molecular formula is C141H104. The van der Waals surface area contributed by atoms with Gasteiger partial charge in [-0.05, 0) is 299 Å². The van der Waals surface area contributed by atoms with E-state index in [0.29, 0.717) is 0 Å². The average molecular weight is 1800 g/mol. The SMILES string of the molecule is Cc1ccc2c3ccccc3c3ccccc3c2c1.Cc1ccc2ccc3c(ccc4c5ccccc5ccc43)c2c1.Cc1ccc2ccc3c4ccccc4ccc3c2c1.Cc1ccc2ccc3ccccc3c2c1.Cc1cccc(-c2cc3ccccc3c3ccccc23)c1.Cc1cccc(-c2ccc3c(ccc4ccccc43)c2)c1.Cc1cccc(-c2ccc3c4c(cccc24)-c2ccccc2-3)c1. The number of hydrogen-bond acceptors (Lipinski definition) is 0. The van der Waals surface area contributed by atoms with Crippen molar-refractivity contribution in [1.29, 1.82) is 0 Å². The molecule has 0 radical (unpaired) electrons. The molecule has 1 aliphatic rings. The van der Waals surface area contributed by atoms with Crippen LogP contribution in [-0.4, -0.2) is 0 Å². The Morgan fingerprint density at radius 2 is 0.319 bits per heavy atom. The van der Waals surface area contributed by atoms with Gasteiger partial charge in [0.25, 0.3) is 0 Å². The molecule has 0 bridgehead atoms. The summed E-state index contributed by atoms with van der Waals surface area (Å²) in [6, 6.07) is 182. The highest BCUT2D eigenvalue weighted by atomic mass is 14.3. The first kappa shape index (κ1) is 87.6. The molecule has 141 heavy (non-hydrogen) atoms. The molecule has 0 atom stereocenters. The van der Waals surface area contributed by atoms with Crippen molar-refractivity contribution in [1.82, 2.24) is 0 Å². The van der Waals surface area contributed by atoms with Gasteiger partial charge < -0.3 is 0 Å². The average Bonchev–Trinajstić information content (AvgIpc) is 1.62. The van der Waals surface area contributed by atoms with Crippen molar-refractivity contribution in [2.24, 2.45) is 0 Å². The Hall–Kier alpha value is -17.4. The molecule has 0 spiro atoms. The lowest BCUT2D eigenvalue weighted by Crippen LogP contribution is -1.85. The summed E-state index contributed by atoms with van der Waals surface area (Å²) in [5.74, 6) is 0. The van der Waals surface area contributed by atoms with Gasteiger partial charge >= 0.3 is 0 Å². The Morgan fingerprint density at radius 1 is 0.0922 bits per heavy atom. The van der Waals surface area contributed by atoms with Gasteiger partial charge in [0, 0.05) is 0 Å². The van der Waals surface area contributed by atoms with Crippen molar-refractivity contribution in [3.8, 4) is 55.6 Å². The van der Waals surface area contributed by atoms with Crippen LogP contribution in [0.5, 0.6) is 0 Å². The maximum Gasteiger partial charge on any atom is -0.00201 e. The topological polar surface area (TPSA) is 0 Å². The van der Waals surface area contributed by atoms with Gasteiger partial charge in [0.2, 0.25) is 0 Å². The van der Waals surface area contributed by atoms with Gasteiger partial charge in [-0.15, -0.1) is 0 Å². The fourth-order valence-electron chi connectivity index (χ4n) is 21.8. The molecular weight excluding hydrogens is 1690 g/mol.